The molecule has 0 atom stereocenters. The first-order valence-corrected chi connectivity index (χ1v) is 9.87. The summed E-state index contributed by atoms with van der Waals surface area (Å²) in [5.41, 5.74) is 3.93. The molecule has 0 radical (unpaired) electrons. The third-order valence-corrected chi connectivity index (χ3v) is 4.33. The molecular weight excluding hydrogens is 370 g/mol. The lowest BCUT2D eigenvalue weighted by molar-refractivity contribution is -0.384. The number of hydrazone groups is 1. The van der Waals surface area contributed by atoms with Gasteiger partial charge < -0.3 is 4.74 Å². The van der Waals surface area contributed by atoms with Gasteiger partial charge in [-0.15, -0.1) is 0 Å². The molecule has 0 aliphatic rings. The minimum atomic E-state index is -0.473. The van der Waals surface area contributed by atoms with E-state index in [9.17, 15) is 14.9 Å². The van der Waals surface area contributed by atoms with Gasteiger partial charge in [0, 0.05) is 17.7 Å². The van der Waals surface area contributed by atoms with E-state index >= 15 is 0 Å². The van der Waals surface area contributed by atoms with Crippen LogP contribution in [0.25, 0.3) is 0 Å². The van der Waals surface area contributed by atoms with E-state index in [0.29, 0.717) is 12.2 Å². The minimum absolute atomic E-state index is 0.00542. The Hall–Kier alpha value is -3.22. The zero-order valence-corrected chi connectivity index (χ0v) is 16.7. The molecule has 0 unspecified atom stereocenters. The highest BCUT2D eigenvalue weighted by molar-refractivity contribution is 5.85. The number of rotatable bonds is 12. The van der Waals surface area contributed by atoms with Gasteiger partial charge >= 0.3 is 0 Å². The molecule has 29 heavy (non-hydrogen) atoms. The molecule has 0 spiro atoms. The first-order chi connectivity index (χ1) is 14.1. The number of ether oxygens (including phenoxy) is 1. The molecule has 7 heteroatoms. The number of unbranched alkanes of at least 4 members (excludes halogenated alkanes) is 4. The van der Waals surface area contributed by atoms with Gasteiger partial charge in [0.25, 0.3) is 5.69 Å². The van der Waals surface area contributed by atoms with Gasteiger partial charge in [-0.05, 0) is 24.1 Å². The van der Waals surface area contributed by atoms with Gasteiger partial charge in [0.1, 0.15) is 5.75 Å². The van der Waals surface area contributed by atoms with Gasteiger partial charge in [-0.25, -0.2) is 5.43 Å². The fourth-order valence-electron chi connectivity index (χ4n) is 2.74. The summed E-state index contributed by atoms with van der Waals surface area (Å²) >= 11 is 0. The number of amides is 1. The smallest absolute Gasteiger partial charge is 0.269 e. The highest BCUT2D eigenvalue weighted by Crippen LogP contribution is 2.17. The topological polar surface area (TPSA) is 93.8 Å². The lowest BCUT2D eigenvalue weighted by atomic mass is 10.1. The van der Waals surface area contributed by atoms with Crippen molar-refractivity contribution in [3.63, 3.8) is 0 Å². The largest absolute Gasteiger partial charge is 0.493 e. The van der Waals surface area contributed by atoms with Crippen molar-refractivity contribution in [2.24, 2.45) is 5.10 Å². The van der Waals surface area contributed by atoms with Crippen molar-refractivity contribution in [3.8, 4) is 5.75 Å². The van der Waals surface area contributed by atoms with Crippen molar-refractivity contribution >= 4 is 17.8 Å². The average Bonchev–Trinajstić information content (AvgIpc) is 2.72. The number of para-hydroxylation sites is 1. The standard InChI is InChI=1S/C22H27N3O4/c1-2-3-4-5-8-15-29-21-10-7-6-9-19(21)17-23-24-22(26)16-18-11-13-20(14-12-18)25(27)28/h6-7,9-14,17H,2-5,8,15-16H2,1H3,(H,24,26)/b23-17-. The monoisotopic (exact) mass is 397 g/mol. The zero-order valence-electron chi connectivity index (χ0n) is 16.7. The van der Waals surface area contributed by atoms with E-state index in [1.54, 1.807) is 18.3 Å². The van der Waals surface area contributed by atoms with E-state index in [1.165, 1.54) is 31.4 Å². The van der Waals surface area contributed by atoms with Crippen LogP contribution >= 0.6 is 0 Å². The van der Waals surface area contributed by atoms with Crippen LogP contribution in [-0.4, -0.2) is 23.7 Å². The van der Waals surface area contributed by atoms with Crippen LogP contribution in [0.1, 0.15) is 50.2 Å². The van der Waals surface area contributed by atoms with Gasteiger partial charge in [0.15, 0.2) is 0 Å². The first kappa shape index (κ1) is 22.1. The number of nitro groups is 1. The van der Waals surface area contributed by atoms with Crippen LogP contribution in [0.5, 0.6) is 5.75 Å². The summed E-state index contributed by atoms with van der Waals surface area (Å²) in [6.45, 7) is 2.85. The van der Waals surface area contributed by atoms with E-state index in [2.05, 4.69) is 17.5 Å². The summed E-state index contributed by atoms with van der Waals surface area (Å²) in [6, 6.07) is 13.4. The summed E-state index contributed by atoms with van der Waals surface area (Å²) in [5, 5.41) is 14.7. The summed E-state index contributed by atoms with van der Waals surface area (Å²) in [6.07, 6.45) is 7.51. The maximum atomic E-state index is 12.0. The third-order valence-electron chi connectivity index (χ3n) is 4.33. The van der Waals surface area contributed by atoms with Gasteiger partial charge in [-0.1, -0.05) is 56.9 Å². The fraction of sp³-hybridized carbons (Fsp3) is 0.364. The van der Waals surface area contributed by atoms with E-state index in [4.69, 9.17) is 4.74 Å². The van der Waals surface area contributed by atoms with Gasteiger partial charge in [-0.2, -0.15) is 5.10 Å². The number of nitro benzene ring substituents is 1. The molecule has 0 aliphatic heterocycles. The number of nitrogens with zero attached hydrogens (tertiary/aromatic N) is 2. The second-order valence-electron chi connectivity index (χ2n) is 6.69. The van der Waals surface area contributed by atoms with E-state index in [1.807, 2.05) is 24.3 Å². The van der Waals surface area contributed by atoms with Crippen LogP contribution in [0.3, 0.4) is 0 Å². The predicted molar refractivity (Wildman–Crippen MR) is 113 cm³/mol. The van der Waals surface area contributed by atoms with E-state index in [-0.39, 0.29) is 18.0 Å². The molecule has 0 aliphatic carbocycles. The molecular formula is C22H27N3O4. The Morgan fingerprint density at radius 3 is 2.55 bits per heavy atom. The molecule has 0 bridgehead atoms. The Balaban J connectivity index is 1.81. The number of hydrogen-bond acceptors (Lipinski definition) is 5. The molecule has 2 aromatic rings. The van der Waals surface area contributed by atoms with Gasteiger partial charge in [0.2, 0.25) is 5.91 Å². The van der Waals surface area contributed by atoms with E-state index in [0.717, 1.165) is 24.2 Å². The SMILES string of the molecule is CCCCCCCOc1ccccc1/C=N\NC(=O)Cc1ccc([N+](=O)[O-])cc1. The number of carbonyl (C=O) groups is 1. The Morgan fingerprint density at radius 1 is 1.10 bits per heavy atom. The maximum Gasteiger partial charge on any atom is 0.269 e. The lowest BCUT2D eigenvalue weighted by Crippen LogP contribution is -2.19. The highest BCUT2D eigenvalue weighted by atomic mass is 16.6. The third kappa shape index (κ3) is 8.13. The van der Waals surface area contributed by atoms with Crippen molar-refractivity contribution in [2.45, 2.75) is 45.4 Å². The Morgan fingerprint density at radius 2 is 1.83 bits per heavy atom. The zero-order chi connectivity index (χ0) is 20.9. The Bertz CT molecular complexity index is 819. The van der Waals surface area contributed by atoms with Crippen LogP contribution in [0.15, 0.2) is 53.6 Å². The molecule has 0 saturated heterocycles. The molecule has 154 valence electrons. The van der Waals surface area contributed by atoms with Crippen LogP contribution in [0, 0.1) is 10.1 Å². The molecule has 2 aromatic carbocycles. The average molecular weight is 397 g/mol. The quantitative estimate of drug-likeness (QED) is 0.244. The van der Waals surface area contributed by atoms with Crippen molar-refractivity contribution in [2.75, 3.05) is 6.61 Å². The van der Waals surface area contributed by atoms with E-state index < -0.39 is 4.92 Å². The van der Waals surface area contributed by atoms with Crippen LogP contribution in [0.2, 0.25) is 0 Å². The summed E-state index contributed by atoms with van der Waals surface area (Å²) in [7, 11) is 0. The molecule has 2 rings (SSSR count). The molecule has 0 aromatic heterocycles. The number of non-ortho nitro benzene ring substituents is 1. The maximum absolute atomic E-state index is 12.0. The number of carbonyl (C=O) groups excluding carboxylic acids is 1. The second-order valence-corrected chi connectivity index (χ2v) is 6.69. The van der Waals surface area contributed by atoms with Gasteiger partial charge in [-0.3, -0.25) is 14.9 Å². The Labute approximate surface area is 170 Å². The van der Waals surface area contributed by atoms with Crippen molar-refractivity contribution in [1.82, 2.24) is 5.43 Å². The fourth-order valence-corrected chi connectivity index (χ4v) is 2.74. The molecule has 0 fully saturated rings. The van der Waals surface area contributed by atoms with Crippen molar-refractivity contribution < 1.29 is 14.5 Å². The highest BCUT2D eigenvalue weighted by Gasteiger charge is 2.07. The molecule has 1 amide bonds. The summed E-state index contributed by atoms with van der Waals surface area (Å²) in [4.78, 5) is 22.2. The van der Waals surface area contributed by atoms with Crippen molar-refractivity contribution in [3.05, 3.63) is 69.8 Å². The van der Waals surface area contributed by atoms with Crippen LogP contribution in [-0.2, 0) is 11.2 Å². The summed E-state index contributed by atoms with van der Waals surface area (Å²) < 4.78 is 5.84. The number of hydrogen-bond donors (Lipinski definition) is 1. The van der Waals surface area contributed by atoms with Crippen LogP contribution in [0.4, 0.5) is 5.69 Å². The summed E-state index contributed by atoms with van der Waals surface area (Å²) in [5.74, 6) is 0.431. The lowest BCUT2D eigenvalue weighted by Gasteiger charge is -2.08. The van der Waals surface area contributed by atoms with Crippen molar-refractivity contribution in [1.29, 1.82) is 0 Å². The predicted octanol–water partition coefficient (Wildman–Crippen LogP) is 4.64. The van der Waals surface area contributed by atoms with Crippen LogP contribution < -0.4 is 10.2 Å². The first-order valence-electron chi connectivity index (χ1n) is 9.87. The minimum Gasteiger partial charge on any atom is -0.493 e. The molecule has 0 heterocycles. The normalized spacial score (nSPS) is 10.8. The number of nitrogens with one attached hydrogen (secondary N) is 1. The molecule has 1 N–H and O–H groups in total. The molecule has 0 saturated carbocycles. The number of benzene rings is 2. The second kappa shape index (κ2) is 12.3. The molecule has 7 nitrogen and oxygen atoms in total. The Kier molecular flexibility index (Phi) is 9.35. The van der Waals surface area contributed by atoms with Gasteiger partial charge in [0.05, 0.1) is 24.2 Å².